The summed E-state index contributed by atoms with van der Waals surface area (Å²) in [5.41, 5.74) is 0. The van der Waals surface area contributed by atoms with E-state index in [4.69, 9.17) is 0 Å². The molecule has 7 heavy (non-hydrogen) atoms. The molecule has 0 aromatic carbocycles. The van der Waals surface area contributed by atoms with E-state index in [0.717, 1.165) is 6.42 Å². The third-order valence-electron chi connectivity index (χ3n) is 0.302. The quantitative estimate of drug-likeness (QED) is 0.198. The molecule has 36 valence electrons. The molecule has 0 aromatic rings. The fraction of sp³-hybridized carbons (Fsp3) is 0.400. The van der Waals surface area contributed by atoms with Gasteiger partial charge in [-0.3, -0.25) is 0 Å². The van der Waals surface area contributed by atoms with Crippen molar-refractivity contribution in [2.75, 3.05) is 0 Å². The summed E-state index contributed by atoms with van der Waals surface area (Å²) in [5, 5.41) is 0. The van der Waals surface area contributed by atoms with Crippen molar-refractivity contribution in [1.29, 1.82) is 0 Å². The van der Waals surface area contributed by atoms with Crippen LogP contribution >= 0.6 is 0 Å². The van der Waals surface area contributed by atoms with Crippen LogP contribution in [0.3, 0.4) is 0 Å². The molecular weight excluding hydrogens is 120 g/mol. The Labute approximate surface area is 67.6 Å². The molecule has 0 atom stereocenters. The Hall–Kier alpha value is 0.616. The van der Waals surface area contributed by atoms with Gasteiger partial charge < -0.3 is 19.3 Å². The normalized spacial score (nSPS) is 3.71. The maximum Gasteiger partial charge on any atom is 2.00 e. The van der Waals surface area contributed by atoms with Crippen LogP contribution in [-0.4, -0.2) is 23.1 Å². The molecule has 0 aliphatic carbocycles. The Bertz CT molecular complexity index is 60.2. The summed E-state index contributed by atoms with van der Waals surface area (Å²) in [6.07, 6.45) is 0.733. The zero-order valence-corrected chi connectivity index (χ0v) is 6.67. The smallest absolute Gasteiger partial charge is 1.00 e. The second-order valence-electron chi connectivity index (χ2n) is 0.677. The number of hydrogen-bond acceptors (Lipinski definition) is 0. The first-order valence-corrected chi connectivity index (χ1v) is 1.60. The molecule has 0 radical (unpaired) electrons. The van der Waals surface area contributed by atoms with Crippen LogP contribution in [0.15, 0.2) is 0 Å². The van der Waals surface area contributed by atoms with Crippen LogP contribution < -0.4 is 12.4 Å². The van der Waals surface area contributed by atoms with Crippen LogP contribution in [0.25, 0.3) is 0 Å². The molecule has 0 aliphatic heterocycles. The van der Waals surface area contributed by atoms with E-state index >= 15 is 0 Å². The minimum absolute atomic E-state index is 0. The standard InChI is InChI=1S/C5H7.ClH.Mg/c1-3-5-4-2;;/h1,3H2,2H3;1H;/q-1;;+2/p-1. The molecule has 0 unspecified atom stereocenters. The largest absolute Gasteiger partial charge is 2.00 e. The van der Waals surface area contributed by atoms with Gasteiger partial charge in [0.2, 0.25) is 0 Å². The number of hydrogen-bond donors (Lipinski definition) is 0. The molecule has 0 amide bonds. The van der Waals surface area contributed by atoms with Crippen LogP contribution in [0.2, 0.25) is 0 Å². The average molecular weight is 127 g/mol. The van der Waals surface area contributed by atoms with Crippen molar-refractivity contribution in [3.05, 3.63) is 6.92 Å². The topological polar surface area (TPSA) is 0 Å². The van der Waals surface area contributed by atoms with Crippen molar-refractivity contribution in [3.63, 3.8) is 0 Å². The monoisotopic (exact) mass is 126 g/mol. The van der Waals surface area contributed by atoms with E-state index < -0.39 is 0 Å². The first-order valence-electron chi connectivity index (χ1n) is 1.60. The van der Waals surface area contributed by atoms with Crippen molar-refractivity contribution in [2.45, 2.75) is 13.3 Å². The molecule has 0 saturated heterocycles. The fourth-order valence-corrected chi connectivity index (χ4v) is 0.125. The Kier molecular flexibility index (Phi) is 35.7. The van der Waals surface area contributed by atoms with E-state index in [0.29, 0.717) is 0 Å². The zero-order chi connectivity index (χ0) is 4.12. The predicted octanol–water partition coefficient (Wildman–Crippen LogP) is -2.14. The summed E-state index contributed by atoms with van der Waals surface area (Å²) in [6.45, 7) is 5.31. The molecule has 0 heterocycles. The van der Waals surface area contributed by atoms with Crippen LogP contribution in [0.5, 0.6) is 0 Å². The minimum Gasteiger partial charge on any atom is -1.00 e. The van der Waals surface area contributed by atoms with Crippen molar-refractivity contribution < 1.29 is 12.4 Å². The molecule has 0 spiro atoms. The average Bonchev–Trinajstić information content (AvgIpc) is 1.41. The van der Waals surface area contributed by atoms with E-state index in [2.05, 4.69) is 18.8 Å². The van der Waals surface area contributed by atoms with Crippen LogP contribution in [0.4, 0.5) is 0 Å². The Morgan fingerprint density at radius 2 is 2.00 bits per heavy atom. The van der Waals surface area contributed by atoms with Gasteiger partial charge in [0.15, 0.2) is 0 Å². The van der Waals surface area contributed by atoms with Gasteiger partial charge in [0, 0.05) is 0 Å². The first kappa shape index (κ1) is 15.6. The SMILES string of the molecule is [CH2-]CC#CC.[Cl-].[Mg+2]. The zero-order valence-electron chi connectivity index (χ0n) is 4.50. The minimum atomic E-state index is 0. The molecule has 0 aliphatic rings. The maximum absolute atomic E-state index is 3.50. The second-order valence-corrected chi connectivity index (χ2v) is 0.677. The molecule has 0 N–H and O–H groups in total. The maximum atomic E-state index is 3.50. The van der Waals surface area contributed by atoms with E-state index in [-0.39, 0.29) is 35.5 Å². The van der Waals surface area contributed by atoms with E-state index in [1.54, 1.807) is 0 Å². The molecule has 0 rings (SSSR count). The van der Waals surface area contributed by atoms with Gasteiger partial charge in [-0.15, -0.1) is 18.3 Å². The summed E-state index contributed by atoms with van der Waals surface area (Å²) in [5.74, 6) is 5.45. The van der Waals surface area contributed by atoms with Crippen LogP contribution in [-0.2, 0) is 0 Å². The Balaban J connectivity index is -0.0000000800. The van der Waals surface area contributed by atoms with Gasteiger partial charge in [-0.1, -0.05) is 0 Å². The summed E-state index contributed by atoms with van der Waals surface area (Å²) >= 11 is 0. The molecule has 0 saturated carbocycles. The summed E-state index contributed by atoms with van der Waals surface area (Å²) < 4.78 is 0. The molecule has 0 fully saturated rings. The third-order valence-corrected chi connectivity index (χ3v) is 0.302. The Morgan fingerprint density at radius 3 is 2.00 bits per heavy atom. The van der Waals surface area contributed by atoms with Crippen LogP contribution in [0, 0.1) is 18.8 Å². The van der Waals surface area contributed by atoms with E-state index in [9.17, 15) is 0 Å². The number of halogens is 1. The molecule has 0 nitrogen and oxygen atoms in total. The van der Waals surface area contributed by atoms with Gasteiger partial charge in [-0.2, -0.15) is 0 Å². The summed E-state index contributed by atoms with van der Waals surface area (Å²) in [7, 11) is 0. The number of rotatable bonds is 0. The van der Waals surface area contributed by atoms with Gasteiger partial charge in [-0.05, 0) is 6.92 Å². The van der Waals surface area contributed by atoms with Gasteiger partial charge in [-0.25, -0.2) is 0 Å². The van der Waals surface area contributed by atoms with Crippen molar-refractivity contribution in [3.8, 4) is 11.8 Å². The van der Waals surface area contributed by atoms with Gasteiger partial charge >= 0.3 is 23.1 Å². The first-order chi connectivity index (χ1) is 2.41. The van der Waals surface area contributed by atoms with Gasteiger partial charge in [0.05, 0.1) is 0 Å². The predicted molar refractivity (Wildman–Crippen MR) is 29.2 cm³/mol. The fourth-order valence-electron chi connectivity index (χ4n) is 0.125. The van der Waals surface area contributed by atoms with Crippen molar-refractivity contribution >= 4 is 23.1 Å². The summed E-state index contributed by atoms with van der Waals surface area (Å²) in [6, 6.07) is 0. The molecule has 0 aromatic heterocycles. The van der Waals surface area contributed by atoms with Gasteiger partial charge in [0.1, 0.15) is 0 Å². The van der Waals surface area contributed by atoms with Crippen LogP contribution in [0.1, 0.15) is 13.3 Å². The second kappa shape index (κ2) is 16.0. The molecule has 2 heteroatoms. The van der Waals surface area contributed by atoms with Gasteiger partial charge in [0.25, 0.3) is 0 Å². The third kappa shape index (κ3) is 20.6. The van der Waals surface area contributed by atoms with E-state index in [1.165, 1.54) is 0 Å². The van der Waals surface area contributed by atoms with E-state index in [1.807, 2.05) is 6.92 Å². The Morgan fingerprint density at radius 1 is 1.57 bits per heavy atom. The van der Waals surface area contributed by atoms with Crippen molar-refractivity contribution in [1.82, 2.24) is 0 Å². The molecular formula is C5H7ClMg. The molecule has 0 bridgehead atoms. The summed E-state index contributed by atoms with van der Waals surface area (Å²) in [4.78, 5) is 0. The van der Waals surface area contributed by atoms with Crippen molar-refractivity contribution in [2.24, 2.45) is 0 Å².